The first-order chi connectivity index (χ1) is 13.8. The molecule has 28 heavy (non-hydrogen) atoms. The van der Waals surface area contributed by atoms with Crippen molar-refractivity contribution in [1.29, 1.82) is 5.26 Å². The molecule has 0 aliphatic carbocycles. The van der Waals surface area contributed by atoms with Crippen LogP contribution in [-0.4, -0.2) is 17.8 Å². The Morgan fingerprint density at radius 1 is 0.929 bits per heavy atom. The molecule has 0 N–H and O–H groups in total. The fourth-order valence-electron chi connectivity index (χ4n) is 4.35. The third kappa shape index (κ3) is 2.56. The molecule has 136 valence electrons. The second kappa shape index (κ2) is 6.54. The van der Waals surface area contributed by atoms with E-state index in [0.29, 0.717) is 5.56 Å². The van der Waals surface area contributed by atoms with Crippen LogP contribution in [-0.2, 0) is 0 Å². The number of ether oxygens (including phenoxy) is 1. The largest absolute Gasteiger partial charge is 0.484 e. The van der Waals surface area contributed by atoms with Gasteiger partial charge in [0.05, 0.1) is 29.3 Å². The number of nitriles is 1. The summed E-state index contributed by atoms with van der Waals surface area (Å²) in [5, 5.41) is 16.3. The average Bonchev–Trinajstić information content (AvgIpc) is 3.11. The Bertz CT molecular complexity index is 1100. The summed E-state index contributed by atoms with van der Waals surface area (Å²) in [6, 6.07) is 28.5. The van der Waals surface area contributed by atoms with Crippen LogP contribution in [0.5, 0.6) is 5.75 Å². The SMILES string of the molecule is CN1N=C2c3ccccc3O[C@H](c3ccccc3)[C@H]2[C@@H]1c1cccc(C#N)c1. The van der Waals surface area contributed by atoms with Gasteiger partial charge >= 0.3 is 0 Å². The first-order valence-corrected chi connectivity index (χ1v) is 9.38. The van der Waals surface area contributed by atoms with Crippen molar-refractivity contribution in [2.45, 2.75) is 12.1 Å². The minimum atomic E-state index is -0.143. The van der Waals surface area contributed by atoms with Crippen LogP contribution in [0.4, 0.5) is 0 Å². The highest BCUT2D eigenvalue weighted by molar-refractivity contribution is 6.07. The first kappa shape index (κ1) is 16.6. The van der Waals surface area contributed by atoms with Crippen molar-refractivity contribution in [3.8, 4) is 11.8 Å². The molecule has 0 saturated carbocycles. The number of hydrogen-bond acceptors (Lipinski definition) is 4. The van der Waals surface area contributed by atoms with Gasteiger partial charge < -0.3 is 4.74 Å². The van der Waals surface area contributed by atoms with E-state index in [1.54, 1.807) is 0 Å². The maximum Gasteiger partial charge on any atom is 0.135 e. The smallest absolute Gasteiger partial charge is 0.135 e. The predicted octanol–water partition coefficient (Wildman–Crippen LogP) is 4.70. The molecule has 0 aromatic heterocycles. The minimum absolute atomic E-state index is 0.00172. The number of fused-ring (bicyclic) bond motifs is 3. The summed E-state index contributed by atoms with van der Waals surface area (Å²) in [5.41, 5.74) is 4.96. The van der Waals surface area contributed by atoms with Crippen LogP contribution in [0.15, 0.2) is 84.0 Å². The van der Waals surface area contributed by atoms with Gasteiger partial charge in [0.2, 0.25) is 0 Å². The number of nitrogens with zero attached hydrogens (tertiary/aromatic N) is 3. The summed E-state index contributed by atoms with van der Waals surface area (Å²) in [5.74, 6) is 0.905. The molecule has 3 aromatic rings. The molecule has 0 unspecified atom stereocenters. The molecular weight excluding hydrogens is 346 g/mol. The van der Waals surface area contributed by atoms with Gasteiger partial charge in [0.25, 0.3) is 0 Å². The molecule has 2 aliphatic heterocycles. The lowest BCUT2D eigenvalue weighted by molar-refractivity contribution is 0.113. The van der Waals surface area contributed by atoms with Gasteiger partial charge in [0, 0.05) is 12.6 Å². The molecule has 5 rings (SSSR count). The highest BCUT2D eigenvalue weighted by Gasteiger charge is 2.47. The molecule has 2 heterocycles. The van der Waals surface area contributed by atoms with E-state index >= 15 is 0 Å². The second-order valence-electron chi connectivity index (χ2n) is 7.21. The zero-order valence-corrected chi connectivity index (χ0v) is 15.5. The lowest BCUT2D eigenvalue weighted by Gasteiger charge is -2.36. The van der Waals surface area contributed by atoms with Crippen molar-refractivity contribution < 1.29 is 4.74 Å². The molecular formula is C24H19N3O. The summed E-state index contributed by atoms with van der Waals surface area (Å²) in [6.07, 6.45) is -0.143. The Morgan fingerprint density at radius 2 is 1.68 bits per heavy atom. The molecule has 0 amide bonds. The second-order valence-corrected chi connectivity index (χ2v) is 7.21. The Balaban J connectivity index is 1.67. The van der Waals surface area contributed by atoms with Crippen LogP contribution in [0.3, 0.4) is 0 Å². The van der Waals surface area contributed by atoms with E-state index in [0.717, 1.165) is 28.2 Å². The summed E-state index contributed by atoms with van der Waals surface area (Å²) < 4.78 is 6.52. The number of benzene rings is 3. The van der Waals surface area contributed by atoms with Gasteiger partial charge in [-0.1, -0.05) is 54.6 Å². The molecule has 4 heteroatoms. The molecule has 4 nitrogen and oxygen atoms in total. The van der Waals surface area contributed by atoms with Crippen molar-refractivity contribution in [1.82, 2.24) is 5.01 Å². The number of hydrogen-bond donors (Lipinski definition) is 0. The van der Waals surface area contributed by atoms with Gasteiger partial charge in [0.1, 0.15) is 11.9 Å². The highest BCUT2D eigenvalue weighted by atomic mass is 16.5. The lowest BCUT2D eigenvalue weighted by atomic mass is 9.78. The van der Waals surface area contributed by atoms with E-state index in [9.17, 15) is 5.26 Å². The van der Waals surface area contributed by atoms with Crippen molar-refractivity contribution >= 4 is 5.71 Å². The van der Waals surface area contributed by atoms with Crippen LogP contribution in [0.2, 0.25) is 0 Å². The Hall–Kier alpha value is -3.58. The molecule has 3 atom stereocenters. The summed E-state index contributed by atoms with van der Waals surface area (Å²) in [4.78, 5) is 0. The number of hydrazone groups is 1. The van der Waals surface area contributed by atoms with Crippen LogP contribution in [0.1, 0.15) is 34.4 Å². The fourth-order valence-corrected chi connectivity index (χ4v) is 4.35. The maximum atomic E-state index is 9.35. The van der Waals surface area contributed by atoms with Gasteiger partial charge in [-0.25, -0.2) is 0 Å². The first-order valence-electron chi connectivity index (χ1n) is 9.38. The molecule has 0 bridgehead atoms. The standard InChI is InChI=1S/C24H19N3O/c1-27-23(18-11-7-8-16(14-18)15-25)21-22(26-27)19-12-5-6-13-20(19)28-24(21)17-9-3-2-4-10-17/h2-14,21,23-24H,1H3/t21-,23+,24-/m1/s1. The van der Waals surface area contributed by atoms with Gasteiger partial charge in [-0.05, 0) is 35.4 Å². The van der Waals surface area contributed by atoms with Crippen LogP contribution < -0.4 is 4.74 Å². The Morgan fingerprint density at radius 3 is 2.50 bits per heavy atom. The number of rotatable bonds is 2. The quantitative estimate of drug-likeness (QED) is 0.661. The molecule has 3 aromatic carbocycles. The molecule has 0 saturated heterocycles. The van der Waals surface area contributed by atoms with Crippen molar-refractivity contribution in [3.63, 3.8) is 0 Å². The summed E-state index contributed by atoms with van der Waals surface area (Å²) >= 11 is 0. The van der Waals surface area contributed by atoms with Gasteiger partial charge in [-0.15, -0.1) is 0 Å². The lowest BCUT2D eigenvalue weighted by Crippen LogP contribution is -2.35. The van der Waals surface area contributed by atoms with E-state index in [-0.39, 0.29) is 18.1 Å². The molecule has 2 aliphatic rings. The highest BCUT2D eigenvalue weighted by Crippen LogP contribution is 2.49. The predicted molar refractivity (Wildman–Crippen MR) is 108 cm³/mol. The van der Waals surface area contributed by atoms with Crippen molar-refractivity contribution in [3.05, 3.63) is 101 Å². The molecule has 0 spiro atoms. The summed E-state index contributed by atoms with van der Waals surface area (Å²) in [7, 11) is 2.00. The van der Waals surface area contributed by atoms with E-state index in [4.69, 9.17) is 9.84 Å². The normalized spacial score (nSPS) is 22.5. The molecule has 0 fully saturated rings. The zero-order valence-electron chi connectivity index (χ0n) is 15.5. The van der Waals surface area contributed by atoms with Crippen LogP contribution in [0, 0.1) is 17.2 Å². The van der Waals surface area contributed by atoms with E-state index in [1.165, 1.54) is 0 Å². The van der Waals surface area contributed by atoms with Gasteiger partial charge in [-0.2, -0.15) is 10.4 Å². The van der Waals surface area contributed by atoms with E-state index in [2.05, 4.69) is 30.3 Å². The molecule has 0 radical (unpaired) electrons. The topological polar surface area (TPSA) is 48.6 Å². The third-order valence-electron chi connectivity index (χ3n) is 5.55. The van der Waals surface area contributed by atoms with Gasteiger partial charge in [-0.3, -0.25) is 5.01 Å². The van der Waals surface area contributed by atoms with Crippen LogP contribution in [0.25, 0.3) is 0 Å². The Labute approximate surface area is 164 Å². The average molecular weight is 365 g/mol. The number of para-hydroxylation sites is 1. The maximum absolute atomic E-state index is 9.35. The van der Waals surface area contributed by atoms with Crippen molar-refractivity contribution in [2.75, 3.05) is 7.05 Å². The third-order valence-corrected chi connectivity index (χ3v) is 5.55. The summed E-state index contributed by atoms with van der Waals surface area (Å²) in [6.45, 7) is 0. The minimum Gasteiger partial charge on any atom is -0.484 e. The van der Waals surface area contributed by atoms with E-state index < -0.39 is 0 Å². The monoisotopic (exact) mass is 365 g/mol. The van der Waals surface area contributed by atoms with Gasteiger partial charge in [0.15, 0.2) is 0 Å². The Kier molecular flexibility index (Phi) is 3.87. The van der Waals surface area contributed by atoms with E-state index in [1.807, 2.05) is 66.7 Å². The van der Waals surface area contributed by atoms with Crippen molar-refractivity contribution in [2.24, 2.45) is 11.0 Å². The zero-order chi connectivity index (χ0) is 19.1. The fraction of sp³-hybridized carbons (Fsp3) is 0.167. The van der Waals surface area contributed by atoms with Crippen LogP contribution >= 0.6 is 0 Å².